The molecule has 0 fully saturated rings. The van der Waals surface area contributed by atoms with Gasteiger partial charge in [-0.3, -0.25) is 0 Å². The minimum Gasteiger partial charge on any atom is -0.385 e. The molecule has 1 nitrogen and oxygen atoms in total. The normalized spacial score (nSPS) is 10.6. The van der Waals surface area contributed by atoms with E-state index in [9.17, 15) is 0 Å². The first kappa shape index (κ1) is 17.1. The van der Waals surface area contributed by atoms with Gasteiger partial charge >= 0.3 is 0 Å². The van der Waals surface area contributed by atoms with Crippen molar-refractivity contribution < 1.29 is 0 Å². The van der Waals surface area contributed by atoms with Crippen molar-refractivity contribution in [3.05, 3.63) is 46.1 Å². The summed E-state index contributed by atoms with van der Waals surface area (Å²) in [6, 6.07) is 4.40. The number of aryl methyl sites for hydroxylation is 1. The van der Waals surface area contributed by atoms with Gasteiger partial charge in [-0.2, -0.15) is 0 Å². The quantitative estimate of drug-likeness (QED) is 0.580. The molecule has 0 saturated heterocycles. The van der Waals surface area contributed by atoms with E-state index in [1.54, 1.807) is 0 Å². The van der Waals surface area contributed by atoms with Crippen LogP contribution in [0, 0.1) is 0 Å². The van der Waals surface area contributed by atoms with Gasteiger partial charge in [0.25, 0.3) is 0 Å². The number of allylic oxidation sites excluding steroid dienone is 1. The molecule has 0 unspecified atom stereocenters. The van der Waals surface area contributed by atoms with Gasteiger partial charge in [-0.05, 0) is 48.9 Å². The summed E-state index contributed by atoms with van der Waals surface area (Å²) in [5, 5.41) is 4.19. The smallest absolute Gasteiger partial charge is 0.0444 e. The molecule has 0 spiro atoms. The van der Waals surface area contributed by atoms with Crippen LogP contribution in [0.15, 0.2) is 24.4 Å². The fourth-order valence-electron chi connectivity index (χ4n) is 2.47. The van der Waals surface area contributed by atoms with E-state index in [0.717, 1.165) is 30.1 Å². The Balaban J connectivity index is 2.79. The van der Waals surface area contributed by atoms with Crippen molar-refractivity contribution in [1.29, 1.82) is 0 Å². The Labute approximate surface area is 129 Å². The largest absolute Gasteiger partial charge is 0.385 e. The lowest BCUT2D eigenvalue weighted by molar-refractivity contribution is 0.664. The summed E-state index contributed by atoms with van der Waals surface area (Å²) in [6.07, 6.45) is 7.33. The third-order valence-electron chi connectivity index (χ3n) is 3.60. The molecule has 1 aromatic rings. The lowest BCUT2D eigenvalue weighted by atomic mass is 9.96. The van der Waals surface area contributed by atoms with Crippen LogP contribution in [0.3, 0.4) is 0 Å². The van der Waals surface area contributed by atoms with Crippen LogP contribution in [0.25, 0.3) is 0 Å². The van der Waals surface area contributed by atoms with Crippen molar-refractivity contribution in [2.45, 2.75) is 65.8 Å². The monoisotopic (exact) mass is 293 g/mol. The molecule has 0 aliphatic carbocycles. The minimum atomic E-state index is 0.807. The molecule has 0 heterocycles. The molecule has 0 aromatic heterocycles. The number of nitrogens with one attached hydrogen (secondary N) is 1. The Kier molecular flexibility index (Phi) is 7.76. The van der Waals surface area contributed by atoms with Gasteiger partial charge in [0, 0.05) is 17.3 Å². The van der Waals surface area contributed by atoms with Gasteiger partial charge in [-0.25, -0.2) is 0 Å². The maximum Gasteiger partial charge on any atom is 0.0444 e. The van der Waals surface area contributed by atoms with Crippen molar-refractivity contribution in [2.24, 2.45) is 0 Å². The molecule has 1 aromatic carbocycles. The van der Waals surface area contributed by atoms with Crippen molar-refractivity contribution in [3.8, 4) is 0 Å². The van der Waals surface area contributed by atoms with Crippen LogP contribution >= 0.6 is 11.6 Å². The highest BCUT2D eigenvalue weighted by Gasteiger charge is 2.08. The molecule has 112 valence electrons. The molecule has 1 N–H and O–H groups in total. The minimum absolute atomic E-state index is 0.807. The molecule has 1 rings (SSSR count). The number of hydrogen-bond acceptors (Lipinski definition) is 1. The highest BCUT2D eigenvalue weighted by Crippen LogP contribution is 2.25. The van der Waals surface area contributed by atoms with Gasteiger partial charge in [0.2, 0.25) is 0 Å². The maximum absolute atomic E-state index is 6.44. The second kappa shape index (κ2) is 9.07. The molecule has 0 atom stereocenters. The zero-order chi connectivity index (χ0) is 15.0. The van der Waals surface area contributed by atoms with Crippen LogP contribution in [-0.2, 0) is 19.4 Å². The standard InChI is InChI=1S/C18H28ClN/c1-5-7-8-9-10-16-11-15(13-20-14(3)4)12-18(19)17(16)6-2/h11-12,20H,3,5-10,13H2,1-2,4H3. The fourth-order valence-corrected chi connectivity index (χ4v) is 2.87. The summed E-state index contributed by atoms with van der Waals surface area (Å²) in [6.45, 7) is 11.1. The predicted molar refractivity (Wildman–Crippen MR) is 90.3 cm³/mol. The zero-order valence-electron chi connectivity index (χ0n) is 13.2. The van der Waals surface area contributed by atoms with Crippen LogP contribution in [0.2, 0.25) is 5.02 Å². The lowest BCUT2D eigenvalue weighted by Crippen LogP contribution is -2.10. The molecule has 2 heteroatoms. The molecule has 0 saturated carbocycles. The Morgan fingerprint density at radius 3 is 2.55 bits per heavy atom. The van der Waals surface area contributed by atoms with Crippen molar-refractivity contribution >= 4 is 11.6 Å². The van der Waals surface area contributed by atoms with Crippen molar-refractivity contribution in [1.82, 2.24) is 5.32 Å². The van der Waals surface area contributed by atoms with Gasteiger partial charge in [-0.15, -0.1) is 0 Å². The van der Waals surface area contributed by atoms with Crippen LogP contribution in [-0.4, -0.2) is 0 Å². The Bertz CT molecular complexity index is 437. The van der Waals surface area contributed by atoms with Crippen molar-refractivity contribution in [3.63, 3.8) is 0 Å². The SMILES string of the molecule is C=C(C)NCc1cc(Cl)c(CC)c(CCCCCC)c1. The summed E-state index contributed by atoms with van der Waals surface area (Å²) in [5.41, 5.74) is 4.99. The van der Waals surface area contributed by atoms with Crippen LogP contribution in [0.5, 0.6) is 0 Å². The average molecular weight is 294 g/mol. The first-order chi connectivity index (χ1) is 9.58. The predicted octanol–water partition coefficient (Wildman–Crippen LogP) is 5.65. The van der Waals surface area contributed by atoms with Gasteiger partial charge in [0.05, 0.1) is 0 Å². The van der Waals surface area contributed by atoms with E-state index in [0.29, 0.717) is 0 Å². The summed E-state index contributed by atoms with van der Waals surface area (Å²) in [4.78, 5) is 0. The number of halogens is 1. The Hall–Kier alpha value is -0.950. The molecule has 0 aliphatic heterocycles. The molecule has 0 radical (unpaired) electrons. The van der Waals surface area contributed by atoms with Crippen LogP contribution in [0.4, 0.5) is 0 Å². The number of benzene rings is 1. The molecule has 0 bridgehead atoms. The Morgan fingerprint density at radius 2 is 1.95 bits per heavy atom. The second-order valence-electron chi connectivity index (χ2n) is 5.51. The molecular formula is C18H28ClN. The van der Waals surface area contributed by atoms with E-state index in [-0.39, 0.29) is 0 Å². The van der Waals surface area contributed by atoms with E-state index >= 15 is 0 Å². The molecule has 20 heavy (non-hydrogen) atoms. The van der Waals surface area contributed by atoms with E-state index in [4.69, 9.17) is 11.6 Å². The highest BCUT2D eigenvalue weighted by molar-refractivity contribution is 6.31. The van der Waals surface area contributed by atoms with E-state index in [1.807, 2.05) is 6.92 Å². The summed E-state index contributed by atoms with van der Waals surface area (Å²) < 4.78 is 0. The first-order valence-electron chi connectivity index (χ1n) is 7.78. The molecule has 0 aliphatic rings. The molecular weight excluding hydrogens is 266 g/mol. The van der Waals surface area contributed by atoms with Gasteiger partial charge < -0.3 is 5.32 Å². The Morgan fingerprint density at radius 1 is 1.20 bits per heavy atom. The first-order valence-corrected chi connectivity index (χ1v) is 8.15. The molecule has 0 amide bonds. The van der Waals surface area contributed by atoms with Gasteiger partial charge in [-0.1, -0.05) is 57.4 Å². The summed E-state index contributed by atoms with van der Waals surface area (Å²) in [5.74, 6) is 0. The van der Waals surface area contributed by atoms with Gasteiger partial charge in [0.1, 0.15) is 0 Å². The highest BCUT2D eigenvalue weighted by atomic mass is 35.5. The van der Waals surface area contributed by atoms with Crippen LogP contribution in [0.1, 0.15) is 63.1 Å². The number of hydrogen-bond donors (Lipinski definition) is 1. The second-order valence-corrected chi connectivity index (χ2v) is 5.92. The van der Waals surface area contributed by atoms with Crippen molar-refractivity contribution in [2.75, 3.05) is 0 Å². The van der Waals surface area contributed by atoms with E-state index in [1.165, 1.54) is 42.4 Å². The lowest BCUT2D eigenvalue weighted by Gasteiger charge is -2.14. The zero-order valence-corrected chi connectivity index (χ0v) is 13.9. The summed E-state index contributed by atoms with van der Waals surface area (Å²) in [7, 11) is 0. The summed E-state index contributed by atoms with van der Waals surface area (Å²) >= 11 is 6.44. The third kappa shape index (κ3) is 5.58. The average Bonchev–Trinajstić information content (AvgIpc) is 2.41. The van der Waals surface area contributed by atoms with E-state index in [2.05, 4.69) is 37.9 Å². The third-order valence-corrected chi connectivity index (χ3v) is 3.93. The number of rotatable bonds is 9. The number of unbranched alkanes of at least 4 members (excludes halogenated alkanes) is 3. The topological polar surface area (TPSA) is 12.0 Å². The maximum atomic E-state index is 6.44. The fraction of sp³-hybridized carbons (Fsp3) is 0.556. The van der Waals surface area contributed by atoms with E-state index < -0.39 is 0 Å². The van der Waals surface area contributed by atoms with Crippen LogP contribution < -0.4 is 5.32 Å². The van der Waals surface area contributed by atoms with Gasteiger partial charge in [0.15, 0.2) is 0 Å².